The first-order valence-electron chi connectivity index (χ1n) is 9.18. The molecule has 2 fully saturated rings. The lowest BCUT2D eigenvalue weighted by molar-refractivity contribution is 0.0232. The number of piperidine rings is 1. The van der Waals surface area contributed by atoms with Crippen molar-refractivity contribution < 1.29 is 9.53 Å². The molecule has 0 aromatic heterocycles. The van der Waals surface area contributed by atoms with E-state index in [2.05, 4.69) is 29.3 Å². The van der Waals surface area contributed by atoms with Gasteiger partial charge < -0.3 is 19.9 Å². The third-order valence-electron chi connectivity index (χ3n) is 5.04. The summed E-state index contributed by atoms with van der Waals surface area (Å²) < 4.78 is 5.64. The Kier molecular flexibility index (Phi) is 5.61. The van der Waals surface area contributed by atoms with Crippen molar-refractivity contribution >= 4 is 17.4 Å². The van der Waals surface area contributed by atoms with Crippen LogP contribution in [0.25, 0.3) is 0 Å². The third-order valence-corrected chi connectivity index (χ3v) is 5.04. The number of benzene rings is 1. The highest BCUT2D eigenvalue weighted by Crippen LogP contribution is 2.25. The number of urea groups is 1. The average Bonchev–Trinajstić information content (AvgIpc) is 3.03. The molecule has 2 aliphatic heterocycles. The van der Waals surface area contributed by atoms with Gasteiger partial charge in [-0.3, -0.25) is 0 Å². The Labute approximate surface area is 145 Å². The molecule has 5 nitrogen and oxygen atoms in total. The highest BCUT2D eigenvalue weighted by Gasteiger charge is 2.23. The van der Waals surface area contributed by atoms with Crippen LogP contribution in [0.4, 0.5) is 16.2 Å². The van der Waals surface area contributed by atoms with Crippen molar-refractivity contribution in [1.82, 2.24) is 4.90 Å². The minimum Gasteiger partial charge on any atom is -0.378 e. The van der Waals surface area contributed by atoms with Crippen molar-refractivity contribution in [3.8, 4) is 0 Å². The Morgan fingerprint density at radius 1 is 1.17 bits per heavy atom. The molecule has 2 aliphatic rings. The van der Waals surface area contributed by atoms with E-state index in [0.29, 0.717) is 6.10 Å². The number of anilines is 2. The first kappa shape index (κ1) is 17.1. The number of ether oxygens (including phenoxy) is 1. The molecular formula is C19H29N3O2. The van der Waals surface area contributed by atoms with E-state index in [1.54, 1.807) is 0 Å². The van der Waals surface area contributed by atoms with Crippen LogP contribution in [-0.2, 0) is 4.74 Å². The van der Waals surface area contributed by atoms with Crippen molar-refractivity contribution in [1.29, 1.82) is 0 Å². The van der Waals surface area contributed by atoms with Gasteiger partial charge in [0.05, 0.1) is 6.10 Å². The highest BCUT2D eigenvalue weighted by atomic mass is 16.5. The number of rotatable bonds is 4. The predicted molar refractivity (Wildman–Crippen MR) is 97.7 cm³/mol. The molecule has 0 spiro atoms. The Morgan fingerprint density at radius 2 is 1.88 bits per heavy atom. The summed E-state index contributed by atoms with van der Waals surface area (Å²) in [4.78, 5) is 16.7. The first-order chi connectivity index (χ1) is 11.7. The summed E-state index contributed by atoms with van der Waals surface area (Å²) >= 11 is 0. The SMILES string of the molecule is CCOC1CCN(C(=O)Nc2ccc(N3CCC(C)C3)cc2)CC1. The molecule has 3 rings (SSSR count). The Bertz CT molecular complexity index is 538. The fourth-order valence-electron chi connectivity index (χ4n) is 3.59. The molecule has 0 saturated carbocycles. The van der Waals surface area contributed by atoms with Crippen LogP contribution < -0.4 is 10.2 Å². The van der Waals surface area contributed by atoms with Gasteiger partial charge in [0.25, 0.3) is 0 Å². The molecule has 5 heteroatoms. The van der Waals surface area contributed by atoms with Crippen LogP contribution in [0.1, 0.15) is 33.1 Å². The lowest BCUT2D eigenvalue weighted by Crippen LogP contribution is -2.43. The zero-order valence-corrected chi connectivity index (χ0v) is 14.8. The zero-order chi connectivity index (χ0) is 16.9. The van der Waals surface area contributed by atoms with Gasteiger partial charge in [-0.05, 0) is 56.4 Å². The average molecular weight is 331 g/mol. The van der Waals surface area contributed by atoms with Gasteiger partial charge in [-0.15, -0.1) is 0 Å². The van der Waals surface area contributed by atoms with E-state index >= 15 is 0 Å². The number of nitrogens with zero attached hydrogens (tertiary/aromatic N) is 2. The summed E-state index contributed by atoms with van der Waals surface area (Å²) in [7, 11) is 0. The van der Waals surface area contributed by atoms with Gasteiger partial charge >= 0.3 is 6.03 Å². The largest absolute Gasteiger partial charge is 0.378 e. The fraction of sp³-hybridized carbons (Fsp3) is 0.632. The van der Waals surface area contributed by atoms with Gasteiger partial charge in [0.1, 0.15) is 0 Å². The van der Waals surface area contributed by atoms with Crippen molar-refractivity contribution in [3.63, 3.8) is 0 Å². The van der Waals surface area contributed by atoms with Crippen LogP contribution in [0.15, 0.2) is 24.3 Å². The van der Waals surface area contributed by atoms with Gasteiger partial charge in [-0.1, -0.05) is 6.92 Å². The molecule has 24 heavy (non-hydrogen) atoms. The maximum atomic E-state index is 12.4. The van der Waals surface area contributed by atoms with E-state index in [4.69, 9.17) is 4.74 Å². The summed E-state index contributed by atoms with van der Waals surface area (Å²) in [5.41, 5.74) is 2.11. The molecule has 0 bridgehead atoms. The first-order valence-corrected chi connectivity index (χ1v) is 9.18. The number of carbonyl (C=O) groups excluding carboxylic acids is 1. The lowest BCUT2D eigenvalue weighted by atomic mass is 10.1. The van der Waals surface area contributed by atoms with Crippen molar-refractivity contribution in [2.75, 3.05) is 43.0 Å². The van der Waals surface area contributed by atoms with Gasteiger partial charge in [-0.25, -0.2) is 4.79 Å². The predicted octanol–water partition coefficient (Wildman–Crippen LogP) is 3.57. The summed E-state index contributed by atoms with van der Waals surface area (Å²) in [6, 6.07) is 8.21. The second-order valence-electron chi connectivity index (χ2n) is 6.96. The van der Waals surface area contributed by atoms with E-state index < -0.39 is 0 Å². The highest BCUT2D eigenvalue weighted by molar-refractivity contribution is 5.89. The van der Waals surface area contributed by atoms with Crippen LogP contribution in [0.3, 0.4) is 0 Å². The molecule has 0 radical (unpaired) electrons. The van der Waals surface area contributed by atoms with Crippen LogP contribution in [0.5, 0.6) is 0 Å². The van der Waals surface area contributed by atoms with E-state index in [1.807, 2.05) is 24.0 Å². The van der Waals surface area contributed by atoms with Crippen LogP contribution in [0.2, 0.25) is 0 Å². The summed E-state index contributed by atoms with van der Waals surface area (Å²) in [6.07, 6.45) is 3.41. The van der Waals surface area contributed by atoms with E-state index in [9.17, 15) is 4.79 Å². The molecule has 2 amide bonds. The number of amides is 2. The molecule has 1 atom stereocenters. The minimum atomic E-state index is -0.00695. The van der Waals surface area contributed by atoms with E-state index in [1.165, 1.54) is 12.1 Å². The Hall–Kier alpha value is -1.75. The molecule has 132 valence electrons. The zero-order valence-electron chi connectivity index (χ0n) is 14.8. The maximum absolute atomic E-state index is 12.4. The summed E-state index contributed by atoms with van der Waals surface area (Å²) in [5.74, 6) is 0.768. The minimum absolute atomic E-state index is 0.00695. The second-order valence-corrected chi connectivity index (χ2v) is 6.96. The summed E-state index contributed by atoms with van der Waals surface area (Å²) in [5, 5.41) is 3.01. The number of nitrogens with one attached hydrogen (secondary N) is 1. The molecule has 0 aliphatic carbocycles. The maximum Gasteiger partial charge on any atom is 0.321 e. The standard InChI is InChI=1S/C19H29N3O2/c1-3-24-18-9-12-21(13-10-18)19(23)20-16-4-6-17(7-5-16)22-11-8-15(2)14-22/h4-7,15,18H,3,8-14H2,1-2H3,(H,20,23). The Balaban J connectivity index is 1.50. The molecule has 2 saturated heterocycles. The van der Waals surface area contributed by atoms with Crippen molar-refractivity contribution in [3.05, 3.63) is 24.3 Å². The van der Waals surface area contributed by atoms with Crippen LogP contribution in [0, 0.1) is 5.92 Å². The number of likely N-dealkylation sites (tertiary alicyclic amines) is 1. The molecule has 2 heterocycles. The second kappa shape index (κ2) is 7.88. The molecule has 1 aromatic carbocycles. The quantitative estimate of drug-likeness (QED) is 0.917. The fourth-order valence-corrected chi connectivity index (χ4v) is 3.59. The van der Waals surface area contributed by atoms with E-state index in [-0.39, 0.29) is 6.03 Å². The normalized spacial score (nSPS) is 22.0. The lowest BCUT2D eigenvalue weighted by Gasteiger charge is -2.31. The monoisotopic (exact) mass is 331 g/mol. The number of hydrogen-bond donors (Lipinski definition) is 1. The molecule has 1 unspecified atom stereocenters. The molecular weight excluding hydrogens is 302 g/mol. The van der Waals surface area contributed by atoms with Crippen LogP contribution >= 0.6 is 0 Å². The topological polar surface area (TPSA) is 44.8 Å². The summed E-state index contributed by atoms with van der Waals surface area (Å²) in [6.45, 7) is 8.84. The van der Waals surface area contributed by atoms with Gasteiger partial charge in [0.2, 0.25) is 0 Å². The molecule has 1 N–H and O–H groups in total. The van der Waals surface area contributed by atoms with Crippen molar-refractivity contribution in [2.45, 2.75) is 39.2 Å². The van der Waals surface area contributed by atoms with Crippen molar-refractivity contribution in [2.24, 2.45) is 5.92 Å². The number of carbonyl (C=O) groups is 1. The number of hydrogen-bond acceptors (Lipinski definition) is 3. The van der Waals surface area contributed by atoms with Crippen LogP contribution in [-0.4, -0.2) is 49.8 Å². The van der Waals surface area contributed by atoms with Gasteiger partial charge in [-0.2, -0.15) is 0 Å². The van der Waals surface area contributed by atoms with Gasteiger partial charge in [0.15, 0.2) is 0 Å². The van der Waals surface area contributed by atoms with E-state index in [0.717, 1.165) is 57.2 Å². The third kappa shape index (κ3) is 4.20. The smallest absolute Gasteiger partial charge is 0.321 e. The molecule has 1 aromatic rings. The van der Waals surface area contributed by atoms with Gasteiger partial charge in [0, 0.05) is 44.2 Å². The Morgan fingerprint density at radius 3 is 2.46 bits per heavy atom.